The first-order valence-electron chi connectivity index (χ1n) is 7.60. The van der Waals surface area contributed by atoms with Gasteiger partial charge in [-0.2, -0.15) is 4.31 Å². The van der Waals surface area contributed by atoms with Crippen molar-refractivity contribution in [2.45, 2.75) is 30.6 Å². The third-order valence-electron chi connectivity index (χ3n) is 3.82. The van der Waals surface area contributed by atoms with E-state index in [1.807, 2.05) is 0 Å². The summed E-state index contributed by atoms with van der Waals surface area (Å²) in [5, 5.41) is 2.57. The lowest BCUT2D eigenvalue weighted by Gasteiger charge is -2.20. The van der Waals surface area contributed by atoms with E-state index in [1.165, 1.54) is 23.5 Å². The zero-order valence-electron chi connectivity index (χ0n) is 13.2. The molecule has 2 rings (SSSR count). The molecule has 0 aliphatic carbocycles. The molecule has 1 aromatic carbocycles. The van der Waals surface area contributed by atoms with Crippen molar-refractivity contribution in [3.8, 4) is 5.75 Å². The summed E-state index contributed by atoms with van der Waals surface area (Å²) in [4.78, 5) is 11.7. The molecule has 0 saturated carbocycles. The Kier molecular flexibility index (Phi) is 5.79. The molecule has 1 fully saturated rings. The predicted octanol–water partition coefficient (Wildman–Crippen LogP) is 2.38. The van der Waals surface area contributed by atoms with E-state index in [4.69, 9.17) is 4.74 Å². The lowest BCUT2D eigenvalue weighted by Crippen LogP contribution is -2.32. The highest BCUT2D eigenvalue weighted by atomic mass is 32.2. The maximum Gasteiger partial charge on any atom is 0.247 e. The molecule has 23 heavy (non-hydrogen) atoms. The van der Waals surface area contributed by atoms with Crippen LogP contribution in [-0.4, -0.2) is 38.8 Å². The number of methoxy groups -OCH3 is 1. The average molecular weight is 338 g/mol. The highest BCUT2D eigenvalue weighted by Crippen LogP contribution is 2.29. The third kappa shape index (κ3) is 4.11. The van der Waals surface area contributed by atoms with E-state index in [-0.39, 0.29) is 4.90 Å². The van der Waals surface area contributed by atoms with Gasteiger partial charge in [0.15, 0.2) is 0 Å². The Labute approximate surface area is 137 Å². The van der Waals surface area contributed by atoms with Crippen molar-refractivity contribution < 1.29 is 17.9 Å². The number of amides is 1. The van der Waals surface area contributed by atoms with Gasteiger partial charge in [0.25, 0.3) is 0 Å². The van der Waals surface area contributed by atoms with Crippen molar-refractivity contribution >= 4 is 21.6 Å². The molecule has 0 spiro atoms. The van der Waals surface area contributed by atoms with E-state index in [0.29, 0.717) is 24.5 Å². The molecule has 0 aromatic heterocycles. The fourth-order valence-corrected chi connectivity index (χ4v) is 4.10. The number of carbonyl (C=O) groups excluding carboxylic acids is 1. The minimum absolute atomic E-state index is 0.152. The van der Waals surface area contributed by atoms with Crippen LogP contribution in [0.5, 0.6) is 5.75 Å². The SMILES string of the molecule is C=CC(=O)Nc1cc(S(=O)(=O)N2CCCCCC2)ccc1OC. The summed E-state index contributed by atoms with van der Waals surface area (Å²) in [5.74, 6) is -0.0253. The molecule has 0 radical (unpaired) electrons. The van der Waals surface area contributed by atoms with Gasteiger partial charge in [-0.15, -0.1) is 0 Å². The van der Waals surface area contributed by atoms with Gasteiger partial charge < -0.3 is 10.1 Å². The molecule has 1 aromatic rings. The number of nitrogens with one attached hydrogen (secondary N) is 1. The van der Waals surface area contributed by atoms with Gasteiger partial charge in [-0.05, 0) is 37.1 Å². The monoisotopic (exact) mass is 338 g/mol. The molecule has 1 heterocycles. The Morgan fingerprint density at radius 1 is 1.26 bits per heavy atom. The second kappa shape index (κ2) is 7.61. The lowest BCUT2D eigenvalue weighted by atomic mass is 10.2. The molecular weight excluding hydrogens is 316 g/mol. The van der Waals surface area contributed by atoms with E-state index in [0.717, 1.165) is 31.8 Å². The Hall–Kier alpha value is -1.86. The predicted molar refractivity (Wildman–Crippen MR) is 89.0 cm³/mol. The number of benzene rings is 1. The first-order chi connectivity index (χ1) is 11.0. The molecule has 1 N–H and O–H groups in total. The number of hydrogen-bond donors (Lipinski definition) is 1. The standard InChI is InChI=1S/C16H22N2O4S/c1-3-16(19)17-14-12-13(8-9-15(14)22-2)23(20,21)18-10-6-4-5-7-11-18/h3,8-9,12H,1,4-7,10-11H2,2H3,(H,17,19). The fourth-order valence-electron chi connectivity index (χ4n) is 2.56. The first kappa shape index (κ1) is 17.5. The van der Waals surface area contributed by atoms with Gasteiger partial charge >= 0.3 is 0 Å². The molecule has 0 atom stereocenters. The van der Waals surface area contributed by atoms with Crippen molar-refractivity contribution in [2.24, 2.45) is 0 Å². The molecule has 126 valence electrons. The van der Waals surface area contributed by atoms with E-state index >= 15 is 0 Å². The van der Waals surface area contributed by atoms with Crippen LogP contribution >= 0.6 is 0 Å². The number of ether oxygens (including phenoxy) is 1. The summed E-state index contributed by atoms with van der Waals surface area (Å²) in [6.45, 7) is 4.45. The fraction of sp³-hybridized carbons (Fsp3) is 0.438. The lowest BCUT2D eigenvalue weighted by molar-refractivity contribution is -0.111. The summed E-state index contributed by atoms with van der Waals surface area (Å²) in [7, 11) is -2.11. The number of nitrogens with zero attached hydrogens (tertiary/aromatic N) is 1. The number of sulfonamides is 1. The first-order valence-corrected chi connectivity index (χ1v) is 9.04. The van der Waals surface area contributed by atoms with Crippen LogP contribution in [0.4, 0.5) is 5.69 Å². The van der Waals surface area contributed by atoms with Gasteiger partial charge in [-0.3, -0.25) is 4.79 Å². The Morgan fingerprint density at radius 2 is 1.91 bits per heavy atom. The van der Waals surface area contributed by atoms with Crippen LogP contribution in [0.25, 0.3) is 0 Å². The third-order valence-corrected chi connectivity index (χ3v) is 5.71. The van der Waals surface area contributed by atoms with Gasteiger partial charge in [-0.25, -0.2) is 8.42 Å². The maximum atomic E-state index is 12.8. The second-order valence-electron chi connectivity index (χ2n) is 5.37. The van der Waals surface area contributed by atoms with Crippen LogP contribution in [0, 0.1) is 0 Å². The zero-order chi connectivity index (χ0) is 16.9. The number of hydrogen-bond acceptors (Lipinski definition) is 4. The van der Waals surface area contributed by atoms with Crippen LogP contribution < -0.4 is 10.1 Å². The molecule has 1 saturated heterocycles. The molecule has 0 unspecified atom stereocenters. The minimum Gasteiger partial charge on any atom is -0.495 e. The molecule has 0 bridgehead atoms. The van der Waals surface area contributed by atoms with E-state index in [2.05, 4.69) is 11.9 Å². The molecule has 1 aliphatic rings. The topological polar surface area (TPSA) is 75.7 Å². The summed E-state index contributed by atoms with van der Waals surface area (Å²) in [6.07, 6.45) is 4.96. The van der Waals surface area contributed by atoms with Gasteiger partial charge in [0.05, 0.1) is 17.7 Å². The summed E-state index contributed by atoms with van der Waals surface area (Å²) < 4.78 is 32.3. The van der Waals surface area contributed by atoms with E-state index < -0.39 is 15.9 Å². The summed E-state index contributed by atoms with van der Waals surface area (Å²) in [5.41, 5.74) is 0.313. The van der Waals surface area contributed by atoms with Gasteiger partial charge in [-0.1, -0.05) is 19.4 Å². The van der Waals surface area contributed by atoms with Gasteiger partial charge in [0.1, 0.15) is 5.75 Å². The van der Waals surface area contributed by atoms with Gasteiger partial charge in [0, 0.05) is 13.1 Å². The minimum atomic E-state index is -3.57. The average Bonchev–Trinajstić information content (AvgIpc) is 2.84. The summed E-state index contributed by atoms with van der Waals surface area (Å²) in [6, 6.07) is 4.48. The maximum absolute atomic E-state index is 12.8. The Morgan fingerprint density at radius 3 is 2.48 bits per heavy atom. The normalized spacial score (nSPS) is 16.4. The van der Waals surface area contributed by atoms with Crippen molar-refractivity contribution in [2.75, 3.05) is 25.5 Å². The quantitative estimate of drug-likeness (QED) is 0.837. The van der Waals surface area contributed by atoms with Crippen molar-refractivity contribution in [1.82, 2.24) is 4.31 Å². The van der Waals surface area contributed by atoms with Crippen LogP contribution in [0.15, 0.2) is 35.7 Å². The summed E-state index contributed by atoms with van der Waals surface area (Å²) >= 11 is 0. The highest BCUT2D eigenvalue weighted by Gasteiger charge is 2.26. The number of anilines is 1. The number of rotatable bonds is 5. The van der Waals surface area contributed by atoms with Crippen molar-refractivity contribution in [3.63, 3.8) is 0 Å². The second-order valence-corrected chi connectivity index (χ2v) is 7.31. The number of carbonyl (C=O) groups is 1. The van der Waals surface area contributed by atoms with E-state index in [1.54, 1.807) is 6.07 Å². The van der Waals surface area contributed by atoms with Crippen LogP contribution in [0.2, 0.25) is 0 Å². The highest BCUT2D eigenvalue weighted by molar-refractivity contribution is 7.89. The van der Waals surface area contributed by atoms with Crippen LogP contribution in [0.3, 0.4) is 0 Å². The van der Waals surface area contributed by atoms with Crippen molar-refractivity contribution in [1.29, 1.82) is 0 Å². The largest absolute Gasteiger partial charge is 0.495 e. The zero-order valence-corrected chi connectivity index (χ0v) is 14.1. The molecule has 1 amide bonds. The Balaban J connectivity index is 2.35. The molecular formula is C16H22N2O4S. The van der Waals surface area contributed by atoms with E-state index in [9.17, 15) is 13.2 Å². The smallest absolute Gasteiger partial charge is 0.247 e. The van der Waals surface area contributed by atoms with Gasteiger partial charge in [0.2, 0.25) is 15.9 Å². The molecule has 6 nitrogen and oxygen atoms in total. The van der Waals surface area contributed by atoms with Crippen molar-refractivity contribution in [3.05, 3.63) is 30.9 Å². The Bertz CT molecular complexity index is 677. The molecule has 1 aliphatic heterocycles. The molecule has 7 heteroatoms. The van der Waals surface area contributed by atoms with Crippen LogP contribution in [-0.2, 0) is 14.8 Å². The van der Waals surface area contributed by atoms with Crippen LogP contribution in [0.1, 0.15) is 25.7 Å².